The van der Waals surface area contributed by atoms with Gasteiger partial charge in [0, 0.05) is 22.9 Å². The number of amidine groups is 2. The molecule has 0 radical (unpaired) electrons. The fraction of sp³-hybridized carbons (Fsp3) is 0. The quantitative estimate of drug-likeness (QED) is 0.0947. The van der Waals surface area contributed by atoms with Gasteiger partial charge in [-0.3, -0.25) is 5.41 Å². The van der Waals surface area contributed by atoms with E-state index in [1.165, 1.54) is 38.6 Å². The molecule has 10 aromatic rings. The number of fused-ring (bicyclic) bond motifs is 4. The molecule has 0 spiro atoms. The minimum Gasteiger partial charge on any atom is -0.282 e. The monoisotopic (exact) mass is 814 g/mol. The Morgan fingerprint density at radius 3 is 1.81 bits per heavy atom. The van der Waals surface area contributed by atoms with Gasteiger partial charge < -0.3 is 0 Å². The van der Waals surface area contributed by atoms with Crippen molar-refractivity contribution in [3.05, 3.63) is 246 Å². The lowest BCUT2D eigenvalue weighted by Crippen LogP contribution is -2.05. The molecule has 11 rings (SSSR count). The lowest BCUT2D eigenvalue weighted by molar-refractivity contribution is 1.40. The van der Waals surface area contributed by atoms with Crippen LogP contribution in [0.25, 0.3) is 93.2 Å². The van der Waals surface area contributed by atoms with Crippen LogP contribution in [0.5, 0.6) is 0 Å². The first kappa shape index (κ1) is 38.2. The minimum absolute atomic E-state index is 0.146. The summed E-state index contributed by atoms with van der Waals surface area (Å²) in [7, 11) is 0. The van der Waals surface area contributed by atoms with Gasteiger partial charge in [-0.15, -0.1) is 0 Å². The van der Waals surface area contributed by atoms with Crippen LogP contribution in [0.3, 0.4) is 0 Å². The standard InChI is InChI=1S/C60H38N4/c1-62-48-33-34-51(56(37-48)43-27-25-39(26-28-43)47-35-45-18-12-23-54-52-21-9-10-22-53(52)57(36-47)58(45)54)42-31-29-41(30-32-42)49-19-7-6-16-46(49)38-63-60(64-59(61)44-14-3-2-4-15-44)55-24-11-17-40-13-5-8-20-50(40)55/h2-38,61H. The third-order valence-corrected chi connectivity index (χ3v) is 12.2. The molecule has 0 fully saturated rings. The van der Waals surface area contributed by atoms with Gasteiger partial charge in [0.1, 0.15) is 0 Å². The number of hydrogen-bond acceptors (Lipinski definition) is 1. The molecule has 0 aromatic heterocycles. The van der Waals surface area contributed by atoms with E-state index in [1.807, 2.05) is 85.1 Å². The van der Waals surface area contributed by atoms with E-state index in [9.17, 15) is 0 Å². The second-order valence-corrected chi connectivity index (χ2v) is 16.0. The molecule has 0 amide bonds. The van der Waals surface area contributed by atoms with Crippen LogP contribution in [0.15, 0.2) is 228 Å². The van der Waals surface area contributed by atoms with Crippen LogP contribution >= 0.6 is 0 Å². The van der Waals surface area contributed by atoms with Gasteiger partial charge in [-0.2, -0.15) is 0 Å². The van der Waals surface area contributed by atoms with Gasteiger partial charge >= 0.3 is 0 Å². The van der Waals surface area contributed by atoms with Gasteiger partial charge in [0.25, 0.3) is 0 Å². The summed E-state index contributed by atoms with van der Waals surface area (Å²) in [5, 5.41) is 13.6. The van der Waals surface area contributed by atoms with Crippen molar-refractivity contribution in [1.82, 2.24) is 0 Å². The number of hydrogen-bond donors (Lipinski definition) is 1. The van der Waals surface area contributed by atoms with E-state index < -0.39 is 0 Å². The Morgan fingerprint density at radius 1 is 0.438 bits per heavy atom. The summed E-state index contributed by atoms with van der Waals surface area (Å²) < 4.78 is 0. The molecule has 0 heterocycles. The number of nitrogens with one attached hydrogen (secondary N) is 1. The Balaban J connectivity index is 0.914. The number of rotatable bonds is 7. The van der Waals surface area contributed by atoms with Gasteiger partial charge in [0.15, 0.2) is 17.4 Å². The van der Waals surface area contributed by atoms with Crippen molar-refractivity contribution in [1.29, 1.82) is 5.41 Å². The molecule has 0 atom stereocenters. The van der Waals surface area contributed by atoms with E-state index in [0.29, 0.717) is 11.5 Å². The molecule has 4 heteroatoms. The normalized spacial score (nSPS) is 11.8. The van der Waals surface area contributed by atoms with E-state index >= 15 is 0 Å². The summed E-state index contributed by atoms with van der Waals surface area (Å²) in [4.78, 5) is 13.6. The Hall–Kier alpha value is -8.78. The number of aliphatic imine (C=N–C) groups is 2. The van der Waals surface area contributed by atoms with Crippen molar-refractivity contribution in [3.63, 3.8) is 0 Å². The van der Waals surface area contributed by atoms with E-state index in [1.54, 1.807) is 0 Å². The summed E-state index contributed by atoms with van der Waals surface area (Å²) in [5.41, 5.74) is 16.9. The van der Waals surface area contributed by atoms with Crippen molar-refractivity contribution in [2.75, 3.05) is 0 Å². The maximum absolute atomic E-state index is 8.89. The second kappa shape index (κ2) is 16.2. The highest BCUT2D eigenvalue weighted by molar-refractivity contribution is 6.19. The van der Waals surface area contributed by atoms with Crippen LogP contribution in [0, 0.1) is 12.0 Å². The molecule has 0 aliphatic heterocycles. The minimum atomic E-state index is 0.146. The Labute approximate surface area is 372 Å². The molecule has 0 saturated heterocycles. The SMILES string of the molecule is [C-]#[N+]c1ccc(-c2ccc(-c3ccccc3C=NC(=NC(=N)c3ccccc3)c3cccc4ccccc34)cc2)c(-c2ccc(-c3cc4c5c(cccc5c3)-c3ccccc3-4)cc2)c1. The first-order chi connectivity index (χ1) is 31.6. The Bertz CT molecular complexity index is 3550. The highest BCUT2D eigenvalue weighted by Crippen LogP contribution is 2.48. The van der Waals surface area contributed by atoms with Gasteiger partial charge in [-0.05, 0) is 107 Å². The van der Waals surface area contributed by atoms with Crippen LogP contribution in [0.1, 0.15) is 16.7 Å². The Morgan fingerprint density at radius 2 is 1.03 bits per heavy atom. The van der Waals surface area contributed by atoms with Crippen molar-refractivity contribution >= 4 is 45.1 Å². The fourth-order valence-electron chi connectivity index (χ4n) is 9.10. The Kier molecular flexibility index (Phi) is 9.69. The van der Waals surface area contributed by atoms with Gasteiger partial charge in [0.05, 0.1) is 6.57 Å². The maximum atomic E-state index is 8.89. The predicted molar refractivity (Wildman–Crippen MR) is 268 cm³/mol. The van der Waals surface area contributed by atoms with Crippen LogP contribution in [0.2, 0.25) is 0 Å². The molecule has 298 valence electrons. The highest BCUT2D eigenvalue weighted by Gasteiger charge is 2.22. The van der Waals surface area contributed by atoms with E-state index in [0.717, 1.165) is 66.4 Å². The predicted octanol–water partition coefficient (Wildman–Crippen LogP) is 15.8. The molecule has 0 unspecified atom stereocenters. The van der Waals surface area contributed by atoms with Crippen LogP contribution in [0.4, 0.5) is 5.69 Å². The second-order valence-electron chi connectivity index (χ2n) is 16.0. The molecule has 10 aromatic carbocycles. The van der Waals surface area contributed by atoms with Crippen LogP contribution in [-0.4, -0.2) is 17.9 Å². The third-order valence-electron chi connectivity index (χ3n) is 12.2. The molecule has 4 nitrogen and oxygen atoms in total. The van der Waals surface area contributed by atoms with Gasteiger partial charge in [-0.25, -0.2) is 14.8 Å². The fourth-order valence-corrected chi connectivity index (χ4v) is 9.10. The molecular weight excluding hydrogens is 777 g/mol. The zero-order valence-electron chi connectivity index (χ0n) is 34.7. The lowest BCUT2D eigenvalue weighted by Gasteiger charge is -2.14. The van der Waals surface area contributed by atoms with Gasteiger partial charge in [0.2, 0.25) is 0 Å². The molecule has 0 saturated carbocycles. The molecule has 64 heavy (non-hydrogen) atoms. The first-order valence-electron chi connectivity index (χ1n) is 21.3. The molecule has 0 bridgehead atoms. The lowest BCUT2D eigenvalue weighted by atomic mass is 9.91. The molecule has 1 N–H and O–H groups in total. The smallest absolute Gasteiger partial charge is 0.187 e. The van der Waals surface area contributed by atoms with E-state index in [2.05, 4.69) is 144 Å². The highest BCUT2D eigenvalue weighted by atomic mass is 14.9. The largest absolute Gasteiger partial charge is 0.282 e. The molecular formula is C60H38N4. The van der Waals surface area contributed by atoms with Crippen molar-refractivity contribution in [2.45, 2.75) is 0 Å². The summed E-state index contributed by atoms with van der Waals surface area (Å²) >= 11 is 0. The van der Waals surface area contributed by atoms with Crippen molar-refractivity contribution < 1.29 is 0 Å². The summed E-state index contributed by atoms with van der Waals surface area (Å²) in [6, 6.07) is 75.3. The first-order valence-corrected chi connectivity index (χ1v) is 21.3. The zero-order chi connectivity index (χ0) is 43.0. The average Bonchev–Trinajstić information content (AvgIpc) is 3.69. The van der Waals surface area contributed by atoms with Crippen molar-refractivity contribution in [3.8, 4) is 66.8 Å². The zero-order valence-corrected chi connectivity index (χ0v) is 34.7. The number of nitrogens with zero attached hydrogens (tertiary/aromatic N) is 3. The third kappa shape index (κ3) is 6.98. The van der Waals surface area contributed by atoms with Gasteiger partial charge in [-0.1, -0.05) is 200 Å². The number of benzene rings is 10. The average molecular weight is 815 g/mol. The summed E-state index contributed by atoms with van der Waals surface area (Å²) in [5.74, 6) is 0.614. The molecule has 1 aliphatic carbocycles. The summed E-state index contributed by atoms with van der Waals surface area (Å²) in [6.45, 7) is 7.84. The van der Waals surface area contributed by atoms with Crippen LogP contribution in [-0.2, 0) is 0 Å². The van der Waals surface area contributed by atoms with E-state index in [4.69, 9.17) is 22.0 Å². The van der Waals surface area contributed by atoms with E-state index in [-0.39, 0.29) is 5.84 Å². The maximum Gasteiger partial charge on any atom is 0.187 e. The van der Waals surface area contributed by atoms with Crippen molar-refractivity contribution in [2.24, 2.45) is 9.98 Å². The van der Waals surface area contributed by atoms with Crippen LogP contribution < -0.4 is 0 Å². The molecule has 1 aliphatic rings. The summed E-state index contributed by atoms with van der Waals surface area (Å²) in [6.07, 6.45) is 1.86. The topological polar surface area (TPSA) is 52.9 Å².